The largest absolute Gasteiger partial charge is 0.486 e. The number of alkyl halides is 1. The molecule has 0 amide bonds. The van der Waals surface area contributed by atoms with Crippen molar-refractivity contribution >= 4 is 26.8 Å². The van der Waals surface area contributed by atoms with Crippen LogP contribution in [0.3, 0.4) is 0 Å². The second-order valence-electron chi connectivity index (χ2n) is 7.73. The lowest BCUT2D eigenvalue weighted by Gasteiger charge is -2.32. The molecule has 0 aromatic carbocycles. The Morgan fingerprint density at radius 2 is 1.62 bits per heavy atom. The van der Waals surface area contributed by atoms with Gasteiger partial charge in [0.1, 0.15) is 0 Å². The van der Waals surface area contributed by atoms with E-state index >= 15 is 0 Å². The van der Waals surface area contributed by atoms with E-state index in [1.165, 1.54) is 5.20 Å². The normalized spacial score (nSPS) is 22.3. The highest BCUT2D eigenvalue weighted by Gasteiger charge is 2.50. The van der Waals surface area contributed by atoms with E-state index in [9.17, 15) is 0 Å². The number of halogens is 1. The molecule has 0 aliphatic carbocycles. The Balaban J connectivity index is 2.88. The van der Waals surface area contributed by atoms with Gasteiger partial charge in [0.25, 0.3) is 0 Å². The number of unbranched alkanes of at least 4 members (excludes halogenated alkanes) is 1. The highest BCUT2D eigenvalue weighted by atomic mass is 35.5. The van der Waals surface area contributed by atoms with E-state index in [2.05, 4.69) is 65.5 Å². The molecule has 0 N–H and O–H groups in total. The van der Waals surface area contributed by atoms with E-state index < -0.39 is 8.07 Å². The lowest BCUT2D eigenvalue weighted by molar-refractivity contribution is 0.00578. The molecule has 1 aliphatic rings. The molecule has 5 heteroatoms. The summed E-state index contributed by atoms with van der Waals surface area (Å²) in [6.45, 7) is 15.4. The van der Waals surface area contributed by atoms with Gasteiger partial charge in [-0.2, -0.15) is 0 Å². The van der Waals surface area contributed by atoms with Crippen LogP contribution in [0.5, 0.6) is 0 Å². The number of hydrogen-bond acceptors (Lipinski definition) is 2. The summed E-state index contributed by atoms with van der Waals surface area (Å²) >= 11 is 5.73. The summed E-state index contributed by atoms with van der Waals surface area (Å²) in [7, 11) is -1.68. The minimum absolute atomic E-state index is 0.255. The molecule has 0 atom stereocenters. The van der Waals surface area contributed by atoms with Gasteiger partial charge < -0.3 is 9.31 Å². The molecule has 0 unspecified atom stereocenters. The zero-order chi connectivity index (χ0) is 16.3. The Bertz CT molecular complexity index is 395. The van der Waals surface area contributed by atoms with Crippen molar-refractivity contribution in [2.45, 2.75) is 71.4 Å². The van der Waals surface area contributed by atoms with Crippen molar-refractivity contribution in [1.82, 2.24) is 0 Å². The van der Waals surface area contributed by atoms with Crippen LogP contribution in [0, 0.1) is 0 Å². The fraction of sp³-hybridized carbons (Fsp3) is 0.750. The van der Waals surface area contributed by atoms with Gasteiger partial charge in [-0.25, -0.2) is 0 Å². The van der Waals surface area contributed by atoms with Crippen molar-refractivity contribution in [2.24, 2.45) is 0 Å². The highest BCUT2D eigenvalue weighted by Crippen LogP contribution is 2.37. The average molecular weight is 329 g/mol. The molecule has 2 nitrogen and oxygen atoms in total. The van der Waals surface area contributed by atoms with Crippen molar-refractivity contribution in [3.05, 3.63) is 23.3 Å². The van der Waals surface area contributed by atoms with Crippen LogP contribution in [0.15, 0.2) is 23.3 Å². The van der Waals surface area contributed by atoms with E-state index in [0.717, 1.165) is 12.8 Å². The van der Waals surface area contributed by atoms with Gasteiger partial charge in [0.15, 0.2) is 0 Å². The Hall–Kier alpha value is -0.0282. The predicted octanol–water partition coefficient (Wildman–Crippen LogP) is 5.00. The topological polar surface area (TPSA) is 18.5 Å². The first-order valence-electron chi connectivity index (χ1n) is 7.80. The molecule has 1 saturated heterocycles. The molecule has 1 heterocycles. The third kappa shape index (κ3) is 5.27. The van der Waals surface area contributed by atoms with E-state index in [4.69, 9.17) is 20.9 Å². The minimum atomic E-state index is -1.43. The second kappa shape index (κ2) is 7.03. The molecule has 0 spiro atoms. The van der Waals surface area contributed by atoms with Crippen LogP contribution in [-0.4, -0.2) is 32.3 Å². The van der Waals surface area contributed by atoms with E-state index in [1.54, 1.807) is 0 Å². The summed E-state index contributed by atoms with van der Waals surface area (Å²) in [4.78, 5) is 0. The molecule has 0 aromatic heterocycles. The van der Waals surface area contributed by atoms with Gasteiger partial charge >= 0.3 is 7.12 Å². The lowest BCUT2D eigenvalue weighted by atomic mass is 9.90. The van der Waals surface area contributed by atoms with Crippen molar-refractivity contribution < 1.29 is 9.31 Å². The van der Waals surface area contributed by atoms with Crippen LogP contribution in [0.1, 0.15) is 40.5 Å². The molecule has 1 aliphatic heterocycles. The number of rotatable bonds is 6. The summed E-state index contributed by atoms with van der Waals surface area (Å²) in [6.07, 6.45) is 6.50. The molecule has 120 valence electrons. The van der Waals surface area contributed by atoms with Gasteiger partial charge in [-0.05, 0) is 40.5 Å². The fourth-order valence-electron chi connectivity index (χ4n) is 2.06. The molecule has 0 radical (unpaired) electrons. The molecule has 1 rings (SSSR count). The van der Waals surface area contributed by atoms with E-state index in [-0.39, 0.29) is 18.3 Å². The number of hydrogen-bond donors (Lipinski definition) is 0. The monoisotopic (exact) mass is 328 g/mol. The van der Waals surface area contributed by atoms with Gasteiger partial charge in [0.05, 0.1) is 19.3 Å². The Labute approximate surface area is 137 Å². The van der Waals surface area contributed by atoms with Crippen LogP contribution in [0.2, 0.25) is 19.6 Å². The number of allylic oxidation sites excluding steroid dienone is 3. The SMILES string of the molecule is CC1(C)OB(/C=C(/C=C/CCCCl)[Si](C)(C)C)OC1(C)C. The zero-order valence-corrected chi connectivity index (χ0v) is 16.4. The van der Waals surface area contributed by atoms with Crippen molar-refractivity contribution in [1.29, 1.82) is 0 Å². The average Bonchev–Trinajstić information content (AvgIpc) is 2.50. The van der Waals surface area contributed by atoms with Crippen LogP contribution in [-0.2, 0) is 9.31 Å². The van der Waals surface area contributed by atoms with Crippen molar-refractivity contribution in [2.75, 3.05) is 5.88 Å². The summed E-state index contributed by atoms with van der Waals surface area (Å²) in [6, 6.07) is 0. The first kappa shape index (κ1) is 19.0. The predicted molar refractivity (Wildman–Crippen MR) is 96.6 cm³/mol. The molecule has 0 saturated carbocycles. The molecule has 0 aromatic rings. The Morgan fingerprint density at radius 3 is 2.05 bits per heavy atom. The Kier molecular flexibility index (Phi) is 6.37. The van der Waals surface area contributed by atoms with Gasteiger partial charge in [-0.3, -0.25) is 0 Å². The molecular formula is C16H30BClO2Si. The van der Waals surface area contributed by atoms with E-state index in [1.807, 2.05) is 0 Å². The Morgan fingerprint density at radius 1 is 1.10 bits per heavy atom. The third-order valence-corrected chi connectivity index (χ3v) is 6.59. The summed E-state index contributed by atoms with van der Waals surface area (Å²) in [5.74, 6) is 2.88. The fourth-order valence-corrected chi connectivity index (χ4v) is 3.47. The van der Waals surface area contributed by atoms with Gasteiger partial charge in [0.2, 0.25) is 0 Å². The van der Waals surface area contributed by atoms with Crippen molar-refractivity contribution in [3.63, 3.8) is 0 Å². The smallest absolute Gasteiger partial charge is 0.400 e. The van der Waals surface area contributed by atoms with Crippen LogP contribution >= 0.6 is 11.6 Å². The first-order chi connectivity index (χ1) is 9.49. The van der Waals surface area contributed by atoms with Gasteiger partial charge in [-0.15, -0.1) is 11.6 Å². The highest BCUT2D eigenvalue weighted by molar-refractivity contribution is 6.84. The van der Waals surface area contributed by atoms with Crippen LogP contribution in [0.4, 0.5) is 0 Å². The van der Waals surface area contributed by atoms with Gasteiger partial charge in [-0.1, -0.05) is 43.0 Å². The molecule has 21 heavy (non-hydrogen) atoms. The maximum atomic E-state index is 6.09. The van der Waals surface area contributed by atoms with Crippen LogP contribution < -0.4 is 0 Å². The first-order valence-corrected chi connectivity index (χ1v) is 11.8. The van der Waals surface area contributed by atoms with Gasteiger partial charge in [0, 0.05) is 5.88 Å². The zero-order valence-electron chi connectivity index (χ0n) is 14.6. The molecule has 0 bridgehead atoms. The van der Waals surface area contributed by atoms with Crippen LogP contribution in [0.25, 0.3) is 0 Å². The summed E-state index contributed by atoms with van der Waals surface area (Å²) in [5.41, 5.74) is -0.553. The summed E-state index contributed by atoms with van der Waals surface area (Å²) in [5, 5.41) is 1.37. The maximum absolute atomic E-state index is 6.09. The second-order valence-corrected chi connectivity index (χ2v) is 13.2. The molecule has 1 fully saturated rings. The van der Waals surface area contributed by atoms with Crippen molar-refractivity contribution in [3.8, 4) is 0 Å². The summed E-state index contributed by atoms with van der Waals surface area (Å²) < 4.78 is 12.2. The maximum Gasteiger partial charge on any atom is 0.486 e. The standard InChI is InChI=1S/C16H30BClO2Si/c1-15(2)16(3,4)20-17(19-15)13-14(21(5,6)7)11-9-8-10-12-18/h9,11,13H,8,10,12H2,1-7H3/b11-9+,14-13-. The molecular weight excluding hydrogens is 299 g/mol. The quantitative estimate of drug-likeness (QED) is 0.296. The lowest BCUT2D eigenvalue weighted by Crippen LogP contribution is -2.41. The minimum Gasteiger partial charge on any atom is -0.400 e. The third-order valence-electron chi connectivity index (χ3n) is 4.25. The van der Waals surface area contributed by atoms with E-state index in [0.29, 0.717) is 5.88 Å².